The first-order valence-electron chi connectivity index (χ1n) is 9.46. The van der Waals surface area contributed by atoms with Crippen LogP contribution in [-0.2, 0) is 16.1 Å². The highest BCUT2D eigenvalue weighted by molar-refractivity contribution is 8.18. The second-order valence-corrected chi connectivity index (χ2v) is 7.86. The summed E-state index contributed by atoms with van der Waals surface area (Å²) in [6, 6.07) is 13.0. The van der Waals surface area contributed by atoms with Crippen LogP contribution in [0, 0.1) is 5.82 Å². The quantitative estimate of drug-likeness (QED) is 0.452. The number of rotatable bonds is 6. The Kier molecular flexibility index (Phi) is 5.73. The molecule has 0 atom stereocenters. The number of carbonyl (C=O) groups is 3. The van der Waals surface area contributed by atoms with Gasteiger partial charge in [-0.3, -0.25) is 19.3 Å². The lowest BCUT2D eigenvalue weighted by molar-refractivity contribution is -0.122. The number of fused-ring (bicyclic) bond motifs is 1. The molecule has 0 spiro atoms. The minimum atomic E-state index is -0.378. The Morgan fingerprint density at radius 1 is 1.13 bits per heavy atom. The number of benzene rings is 2. The molecule has 0 aliphatic carbocycles. The maximum absolute atomic E-state index is 13.1. The van der Waals surface area contributed by atoms with Gasteiger partial charge in [-0.2, -0.15) is 0 Å². The molecule has 3 aromatic rings. The molecule has 0 bridgehead atoms. The van der Waals surface area contributed by atoms with Crippen LogP contribution in [0.3, 0.4) is 0 Å². The van der Waals surface area contributed by atoms with Crippen LogP contribution in [0.2, 0.25) is 0 Å². The van der Waals surface area contributed by atoms with Gasteiger partial charge in [-0.1, -0.05) is 24.3 Å². The number of para-hydroxylation sites is 1. The predicted octanol–water partition coefficient (Wildman–Crippen LogP) is 4.64. The van der Waals surface area contributed by atoms with Crippen molar-refractivity contribution in [3.05, 3.63) is 83.7 Å². The lowest BCUT2D eigenvalue weighted by atomic mass is 10.1. The van der Waals surface area contributed by atoms with Gasteiger partial charge in [-0.25, -0.2) is 4.39 Å². The van der Waals surface area contributed by atoms with E-state index in [1.54, 1.807) is 16.8 Å². The third kappa shape index (κ3) is 4.29. The molecular formula is C23H18FN3O3S. The highest BCUT2D eigenvalue weighted by Gasteiger charge is 2.34. The van der Waals surface area contributed by atoms with Gasteiger partial charge in [-0.15, -0.1) is 6.58 Å². The van der Waals surface area contributed by atoms with Crippen LogP contribution in [0.15, 0.2) is 72.3 Å². The van der Waals surface area contributed by atoms with E-state index in [0.29, 0.717) is 10.6 Å². The van der Waals surface area contributed by atoms with Crippen molar-refractivity contribution in [2.75, 3.05) is 11.9 Å². The van der Waals surface area contributed by atoms with Gasteiger partial charge in [0, 0.05) is 34.9 Å². The van der Waals surface area contributed by atoms with E-state index in [1.165, 1.54) is 30.3 Å². The fraction of sp³-hybridized carbons (Fsp3) is 0.0870. The number of carbonyl (C=O) groups excluding carboxylic acids is 3. The SMILES string of the molecule is C=CCN1C(=O)SC(=Cc2cn(CC(=O)Nc3ccc(F)cc3)c3ccccc23)C1=O. The maximum Gasteiger partial charge on any atom is 0.293 e. The molecule has 3 amide bonds. The number of imide groups is 1. The zero-order valence-electron chi connectivity index (χ0n) is 16.4. The van der Waals surface area contributed by atoms with E-state index in [2.05, 4.69) is 11.9 Å². The lowest BCUT2D eigenvalue weighted by Crippen LogP contribution is -2.27. The van der Waals surface area contributed by atoms with E-state index >= 15 is 0 Å². The van der Waals surface area contributed by atoms with E-state index < -0.39 is 0 Å². The molecular weight excluding hydrogens is 417 g/mol. The number of anilines is 1. The molecule has 1 aliphatic rings. The van der Waals surface area contributed by atoms with Crippen LogP contribution in [0.4, 0.5) is 14.9 Å². The van der Waals surface area contributed by atoms with Gasteiger partial charge in [0.05, 0.1) is 4.91 Å². The van der Waals surface area contributed by atoms with Crippen LogP contribution in [0.1, 0.15) is 5.56 Å². The predicted molar refractivity (Wildman–Crippen MR) is 120 cm³/mol. The normalized spacial score (nSPS) is 15.1. The van der Waals surface area contributed by atoms with E-state index in [4.69, 9.17) is 0 Å². The van der Waals surface area contributed by atoms with Gasteiger partial charge in [0.25, 0.3) is 11.1 Å². The minimum absolute atomic E-state index is 0.0314. The minimum Gasteiger partial charge on any atom is -0.337 e. The van der Waals surface area contributed by atoms with Gasteiger partial charge in [0.2, 0.25) is 5.91 Å². The zero-order chi connectivity index (χ0) is 22.0. The van der Waals surface area contributed by atoms with Crippen LogP contribution in [0.25, 0.3) is 17.0 Å². The van der Waals surface area contributed by atoms with Crippen LogP contribution >= 0.6 is 11.8 Å². The van der Waals surface area contributed by atoms with Crippen molar-refractivity contribution < 1.29 is 18.8 Å². The highest BCUT2D eigenvalue weighted by atomic mass is 32.2. The molecule has 156 valence electrons. The topological polar surface area (TPSA) is 71.4 Å². The molecule has 1 N–H and O–H groups in total. The number of aromatic nitrogens is 1. The first kappa shape index (κ1) is 20.6. The zero-order valence-corrected chi connectivity index (χ0v) is 17.2. The number of thioether (sulfide) groups is 1. The standard InChI is InChI=1S/C23H18FN3O3S/c1-2-11-27-22(29)20(31-23(27)30)12-15-13-26(19-6-4-3-5-18(15)19)14-21(28)25-17-9-7-16(24)8-10-17/h2-10,12-13H,1,11,14H2,(H,25,28). The molecule has 0 saturated carbocycles. The average molecular weight is 435 g/mol. The Balaban J connectivity index is 1.61. The highest BCUT2D eigenvalue weighted by Crippen LogP contribution is 2.34. The Morgan fingerprint density at radius 2 is 1.87 bits per heavy atom. The molecule has 0 radical (unpaired) electrons. The number of halogens is 1. The molecule has 8 heteroatoms. The van der Waals surface area contributed by atoms with Crippen molar-refractivity contribution in [2.24, 2.45) is 0 Å². The van der Waals surface area contributed by atoms with Crippen molar-refractivity contribution in [3.63, 3.8) is 0 Å². The van der Waals surface area contributed by atoms with Gasteiger partial charge < -0.3 is 9.88 Å². The third-order valence-corrected chi connectivity index (χ3v) is 5.64. The second kappa shape index (κ2) is 8.61. The molecule has 31 heavy (non-hydrogen) atoms. The van der Waals surface area contributed by atoms with E-state index in [0.717, 1.165) is 33.1 Å². The number of amides is 3. The summed E-state index contributed by atoms with van der Waals surface area (Å²) in [7, 11) is 0. The van der Waals surface area contributed by atoms with Gasteiger partial charge in [0.1, 0.15) is 12.4 Å². The Morgan fingerprint density at radius 3 is 2.61 bits per heavy atom. The molecule has 1 aliphatic heterocycles. The monoisotopic (exact) mass is 435 g/mol. The number of hydrogen-bond donors (Lipinski definition) is 1. The maximum atomic E-state index is 13.1. The summed E-state index contributed by atoms with van der Waals surface area (Å²) >= 11 is 0.883. The summed E-state index contributed by atoms with van der Waals surface area (Å²) in [6.07, 6.45) is 4.95. The smallest absolute Gasteiger partial charge is 0.293 e. The first-order chi connectivity index (χ1) is 15.0. The summed E-state index contributed by atoms with van der Waals surface area (Å²) in [5.74, 6) is -1.01. The molecule has 0 unspecified atom stereocenters. The molecule has 4 rings (SSSR count). The summed E-state index contributed by atoms with van der Waals surface area (Å²) < 4.78 is 14.8. The van der Waals surface area contributed by atoms with Crippen molar-refractivity contribution in [2.45, 2.75) is 6.54 Å². The summed E-state index contributed by atoms with van der Waals surface area (Å²) in [4.78, 5) is 38.6. The van der Waals surface area contributed by atoms with Crippen molar-refractivity contribution in [1.82, 2.24) is 9.47 Å². The summed E-state index contributed by atoms with van der Waals surface area (Å²) in [5, 5.41) is 3.26. The van der Waals surface area contributed by atoms with Gasteiger partial charge in [-0.05, 0) is 48.2 Å². The molecule has 2 heterocycles. The Labute approximate surface area is 182 Å². The summed E-state index contributed by atoms with van der Waals surface area (Å²) in [6.45, 7) is 3.77. The van der Waals surface area contributed by atoms with E-state index in [9.17, 15) is 18.8 Å². The molecule has 1 fully saturated rings. The largest absolute Gasteiger partial charge is 0.337 e. The van der Waals surface area contributed by atoms with E-state index in [1.807, 2.05) is 24.3 Å². The van der Waals surface area contributed by atoms with Gasteiger partial charge in [0.15, 0.2) is 0 Å². The van der Waals surface area contributed by atoms with Crippen molar-refractivity contribution in [1.29, 1.82) is 0 Å². The summed E-state index contributed by atoms with van der Waals surface area (Å²) in [5.41, 5.74) is 2.04. The molecule has 1 aromatic heterocycles. The fourth-order valence-corrected chi connectivity index (χ4v) is 4.18. The third-order valence-electron chi connectivity index (χ3n) is 4.73. The van der Waals surface area contributed by atoms with Crippen LogP contribution in [0.5, 0.6) is 0 Å². The van der Waals surface area contributed by atoms with Gasteiger partial charge >= 0.3 is 0 Å². The van der Waals surface area contributed by atoms with Crippen LogP contribution in [-0.4, -0.2) is 33.1 Å². The van der Waals surface area contributed by atoms with Crippen molar-refractivity contribution in [3.8, 4) is 0 Å². The van der Waals surface area contributed by atoms with E-state index in [-0.39, 0.29) is 36.0 Å². The lowest BCUT2D eigenvalue weighted by Gasteiger charge is -2.07. The number of hydrogen-bond acceptors (Lipinski definition) is 4. The first-order valence-corrected chi connectivity index (χ1v) is 10.3. The Bertz CT molecular complexity index is 1230. The average Bonchev–Trinajstić information content (AvgIpc) is 3.22. The van der Waals surface area contributed by atoms with Crippen LogP contribution < -0.4 is 5.32 Å². The molecule has 1 saturated heterocycles. The molecule has 6 nitrogen and oxygen atoms in total. The fourth-order valence-electron chi connectivity index (χ4n) is 3.34. The number of nitrogens with zero attached hydrogens (tertiary/aromatic N) is 2. The van der Waals surface area contributed by atoms with Crippen molar-refractivity contribution >= 4 is 51.5 Å². The number of nitrogens with one attached hydrogen (secondary N) is 1. The second-order valence-electron chi connectivity index (χ2n) is 6.87. The molecule has 2 aromatic carbocycles. The Hall–Kier alpha value is -3.65.